The molecule has 0 aromatic heterocycles. The zero-order valence-electron chi connectivity index (χ0n) is 9.28. The molecule has 0 radical (unpaired) electrons. The molecular weight excluding hydrogens is 263 g/mol. The largest absolute Gasteiger partial charge is 1.00 e. The third-order valence-electron chi connectivity index (χ3n) is 1.40. The van der Waals surface area contributed by atoms with Gasteiger partial charge in [0.05, 0.1) is 11.2 Å². The van der Waals surface area contributed by atoms with Crippen LogP contribution in [-0.4, -0.2) is 20.5 Å². The van der Waals surface area contributed by atoms with Crippen LogP contribution in [0.25, 0.3) is 0 Å². The van der Waals surface area contributed by atoms with Gasteiger partial charge in [-0.15, -0.1) is 0 Å². The van der Waals surface area contributed by atoms with Crippen molar-refractivity contribution in [2.75, 3.05) is 0 Å². The number of carbonyl (C=O) groups is 2. The van der Waals surface area contributed by atoms with E-state index in [1.54, 1.807) is 18.2 Å². The van der Waals surface area contributed by atoms with Gasteiger partial charge < -0.3 is 5.61 Å². The Bertz CT molecular complexity index is 488. The van der Waals surface area contributed by atoms with Gasteiger partial charge >= 0.3 is 44.6 Å². The van der Waals surface area contributed by atoms with Crippen molar-refractivity contribution in [1.29, 1.82) is 0 Å². The fourth-order valence-electron chi connectivity index (χ4n) is 0.841. The predicted octanol–water partition coefficient (Wildman–Crippen LogP) is -2.34. The molecule has 1 atom stereocenters. The fraction of sp³-hybridized carbons (Fsp3) is 0. The minimum absolute atomic E-state index is 0. The molecule has 1 rings (SSSR count). The van der Waals surface area contributed by atoms with Crippen molar-refractivity contribution in [3.05, 3.63) is 35.9 Å². The van der Waals surface area contributed by atoms with Crippen molar-refractivity contribution in [1.82, 2.24) is 0 Å². The molecule has 0 fully saturated rings. The van der Waals surface area contributed by atoms with Crippen LogP contribution in [0.2, 0.25) is 0 Å². The average Bonchev–Trinajstić information content (AvgIpc) is 2.15. The molecule has 0 aliphatic rings. The van der Waals surface area contributed by atoms with E-state index in [1.165, 1.54) is 12.1 Å². The smallest absolute Gasteiger partial charge is 1.00 e. The SMILES string of the molecule is O=C(OS(=O)(O)=S)C(=O)c1ccccc1.[H-].[Na+]. The Labute approximate surface area is 121 Å². The van der Waals surface area contributed by atoms with Crippen LogP contribution >= 0.6 is 0 Å². The molecule has 1 aromatic carbocycles. The van der Waals surface area contributed by atoms with Crippen LogP contribution in [0.5, 0.6) is 0 Å². The molecule has 0 saturated carbocycles. The molecule has 0 amide bonds. The number of rotatable bonds is 3. The summed E-state index contributed by atoms with van der Waals surface area (Å²) in [5.74, 6) is -2.45. The quantitative estimate of drug-likeness (QED) is 0.377. The number of hydrogen-bond donors (Lipinski definition) is 1. The van der Waals surface area contributed by atoms with Gasteiger partial charge in [-0.25, -0.2) is 4.79 Å². The number of hydrogen-bond acceptors (Lipinski definition) is 5. The van der Waals surface area contributed by atoms with Gasteiger partial charge in [0.1, 0.15) is 0 Å². The minimum atomic E-state index is -4.11. The Morgan fingerprint density at radius 3 is 2.25 bits per heavy atom. The van der Waals surface area contributed by atoms with Crippen molar-refractivity contribution in [2.45, 2.75) is 0 Å². The summed E-state index contributed by atoms with van der Waals surface area (Å²) in [6, 6.07) is 7.51. The molecule has 16 heavy (non-hydrogen) atoms. The zero-order valence-corrected chi connectivity index (χ0v) is 11.9. The number of Topliss-reactive ketones (excluding diaryl/α,β-unsaturated/α-hetero) is 1. The van der Waals surface area contributed by atoms with E-state index >= 15 is 0 Å². The van der Waals surface area contributed by atoms with Gasteiger partial charge in [0, 0.05) is 5.56 Å². The average molecular weight is 270 g/mol. The summed E-state index contributed by atoms with van der Waals surface area (Å²) in [4.78, 5) is 22.2. The first-order chi connectivity index (χ1) is 6.90. The van der Waals surface area contributed by atoms with Gasteiger partial charge in [-0.05, 0) is 0 Å². The van der Waals surface area contributed by atoms with Gasteiger partial charge in [0.25, 0.3) is 5.78 Å². The Morgan fingerprint density at radius 1 is 1.31 bits per heavy atom. The van der Waals surface area contributed by atoms with E-state index in [2.05, 4.69) is 15.4 Å². The van der Waals surface area contributed by atoms with Crippen LogP contribution in [0.3, 0.4) is 0 Å². The van der Waals surface area contributed by atoms with E-state index in [4.69, 9.17) is 4.55 Å². The molecule has 0 heterocycles. The van der Waals surface area contributed by atoms with Crippen LogP contribution in [0, 0.1) is 0 Å². The van der Waals surface area contributed by atoms with E-state index in [-0.39, 0.29) is 36.5 Å². The van der Waals surface area contributed by atoms with Crippen molar-refractivity contribution >= 4 is 32.0 Å². The maximum atomic E-state index is 11.3. The van der Waals surface area contributed by atoms with Crippen LogP contribution in [-0.2, 0) is 29.2 Å². The van der Waals surface area contributed by atoms with Gasteiger partial charge in [-0.3, -0.25) is 9.35 Å². The summed E-state index contributed by atoms with van der Waals surface area (Å²) in [7, 11) is -4.11. The Balaban J connectivity index is 0. The molecule has 1 aromatic rings. The maximum Gasteiger partial charge on any atom is 1.00 e. The summed E-state index contributed by atoms with van der Waals surface area (Å²) in [6.07, 6.45) is 0. The molecule has 1 unspecified atom stereocenters. The maximum absolute atomic E-state index is 11.3. The van der Waals surface area contributed by atoms with Gasteiger partial charge in [-0.1, -0.05) is 30.3 Å². The van der Waals surface area contributed by atoms with Crippen molar-refractivity contribution in [2.24, 2.45) is 0 Å². The zero-order chi connectivity index (χ0) is 11.5. The normalized spacial score (nSPS) is 13.1. The molecule has 8 heteroatoms. The molecule has 0 saturated heterocycles. The summed E-state index contributed by atoms with van der Waals surface area (Å²) in [5.41, 5.74) is 0.0705. The van der Waals surface area contributed by atoms with E-state index in [0.29, 0.717) is 0 Å². The van der Waals surface area contributed by atoms with Crippen molar-refractivity contribution < 1.29 is 53.5 Å². The van der Waals surface area contributed by atoms with E-state index in [9.17, 15) is 13.8 Å². The van der Waals surface area contributed by atoms with Gasteiger partial charge in [0.2, 0.25) is 0 Å². The van der Waals surface area contributed by atoms with Crippen molar-refractivity contribution in [3.8, 4) is 0 Å². The molecule has 0 spiro atoms. The summed E-state index contributed by atoms with van der Waals surface area (Å²) < 4.78 is 22.9. The Kier molecular flexibility index (Phi) is 6.31. The monoisotopic (exact) mass is 270 g/mol. The second-order valence-corrected chi connectivity index (χ2v) is 4.78. The standard InChI is InChI=1S/C8H6O5S2.Na.H/c9-7(6-4-2-1-3-5-6)8(10)13-15(11,12)14;;/h1-5H,(H,11,12,14);;/q;+1;-1. The van der Waals surface area contributed by atoms with Crippen LogP contribution in [0.15, 0.2) is 30.3 Å². The molecule has 5 nitrogen and oxygen atoms in total. The number of carbonyl (C=O) groups excluding carboxylic acids is 2. The van der Waals surface area contributed by atoms with Gasteiger partial charge in [-0.2, -0.15) is 4.21 Å². The molecule has 0 aliphatic carbocycles. The van der Waals surface area contributed by atoms with Gasteiger partial charge in [0.15, 0.2) is 0 Å². The summed E-state index contributed by atoms with van der Waals surface area (Å²) in [5, 5.41) is 0. The minimum Gasteiger partial charge on any atom is -1.00 e. The Hall–Kier alpha value is -0.310. The first-order valence-corrected chi connectivity index (χ1v) is 6.07. The third kappa shape index (κ3) is 5.15. The number of ketones is 1. The second kappa shape index (κ2) is 6.43. The number of benzene rings is 1. The first-order valence-electron chi connectivity index (χ1n) is 3.71. The van der Waals surface area contributed by atoms with Crippen LogP contribution < -0.4 is 29.6 Å². The van der Waals surface area contributed by atoms with Crippen LogP contribution in [0.4, 0.5) is 0 Å². The van der Waals surface area contributed by atoms with E-state index < -0.39 is 20.8 Å². The van der Waals surface area contributed by atoms with E-state index in [1.807, 2.05) is 0 Å². The third-order valence-corrected chi connectivity index (χ3v) is 1.97. The molecule has 82 valence electrons. The van der Waals surface area contributed by atoms with Crippen molar-refractivity contribution in [3.63, 3.8) is 0 Å². The summed E-state index contributed by atoms with van der Waals surface area (Å²) >= 11 is 3.92. The first kappa shape index (κ1) is 15.7. The Morgan fingerprint density at radius 2 is 1.81 bits per heavy atom. The van der Waals surface area contributed by atoms with Crippen LogP contribution in [0.1, 0.15) is 11.8 Å². The summed E-state index contributed by atoms with van der Waals surface area (Å²) in [6.45, 7) is 0. The molecular formula is C8H7NaO5S2. The second-order valence-electron chi connectivity index (χ2n) is 2.49. The predicted molar refractivity (Wildman–Crippen MR) is 56.1 cm³/mol. The fourth-order valence-corrected chi connectivity index (χ4v) is 1.29. The topological polar surface area (TPSA) is 80.7 Å². The molecule has 0 aliphatic heterocycles. The molecule has 1 N–H and O–H groups in total. The van der Waals surface area contributed by atoms with E-state index in [0.717, 1.165) is 0 Å². The molecule has 0 bridgehead atoms.